The standard InChI is InChI=1S/C33H31ClF5N7O2S/c1-16(22-5-3-9-44(22)2)48-31-42-26-18(29(43-31)45-10-4-8-32(13-45)14-46(15-32)30(47)33(37,38)39)11-20(34)24(25(26)36)17-6-7-21(35)27-23(17)19(12-40)28(41)49-27/h6-7,11,16,22H,3-5,8-10,13-15,41H2,1-2H3/t16-,22-/m0/s1. The Labute approximate surface area is 287 Å². The number of piperidine rings is 1. The van der Waals surface area contributed by atoms with Gasteiger partial charge >= 0.3 is 18.1 Å². The maximum atomic E-state index is 17.0. The number of thiophene rings is 1. The van der Waals surface area contributed by atoms with Crippen molar-refractivity contribution >= 4 is 60.7 Å². The SMILES string of the molecule is C[C@H](Oc1nc(N2CCCC3(CN(C(=O)C(F)(F)F)C3)C2)c2cc(Cl)c(-c3ccc(F)c4sc(N)c(C#N)c34)c(F)c2n1)[C@@H]1CCCN1C. The van der Waals surface area contributed by atoms with Gasteiger partial charge in [0.2, 0.25) is 0 Å². The molecule has 258 valence electrons. The van der Waals surface area contributed by atoms with Gasteiger partial charge in [-0.15, -0.1) is 11.3 Å². The van der Waals surface area contributed by atoms with Crippen molar-refractivity contribution < 1.29 is 31.5 Å². The van der Waals surface area contributed by atoms with Gasteiger partial charge in [0.05, 0.1) is 15.3 Å². The topological polar surface area (TPSA) is 112 Å². The van der Waals surface area contributed by atoms with Gasteiger partial charge in [-0.05, 0) is 63.9 Å². The van der Waals surface area contributed by atoms with E-state index in [1.165, 1.54) is 12.1 Å². The van der Waals surface area contributed by atoms with E-state index >= 15 is 4.39 Å². The van der Waals surface area contributed by atoms with Gasteiger partial charge in [-0.1, -0.05) is 17.7 Å². The predicted octanol–water partition coefficient (Wildman–Crippen LogP) is 6.75. The zero-order valence-corrected chi connectivity index (χ0v) is 28.1. The molecule has 3 aliphatic heterocycles. The van der Waals surface area contributed by atoms with Gasteiger partial charge in [0.25, 0.3) is 0 Å². The molecule has 4 aromatic rings. The number of ether oxygens (including phenoxy) is 1. The lowest BCUT2D eigenvalue weighted by molar-refractivity contribution is -0.196. The first-order valence-electron chi connectivity index (χ1n) is 15.8. The van der Waals surface area contributed by atoms with Crippen molar-refractivity contribution in [2.75, 3.05) is 50.4 Å². The minimum Gasteiger partial charge on any atom is -0.459 e. The highest BCUT2D eigenvalue weighted by Crippen LogP contribution is 2.47. The Hall–Kier alpha value is -4.00. The molecule has 0 radical (unpaired) electrons. The molecule has 49 heavy (non-hydrogen) atoms. The first-order valence-corrected chi connectivity index (χ1v) is 17.0. The molecule has 0 saturated carbocycles. The summed E-state index contributed by atoms with van der Waals surface area (Å²) >= 11 is 7.69. The first kappa shape index (κ1) is 33.5. The molecule has 3 fully saturated rings. The van der Waals surface area contributed by atoms with Crippen LogP contribution in [-0.2, 0) is 4.79 Å². The minimum absolute atomic E-state index is 0.00383. The molecule has 0 aliphatic carbocycles. The van der Waals surface area contributed by atoms with Crippen molar-refractivity contribution in [2.45, 2.75) is 50.9 Å². The molecule has 2 aromatic heterocycles. The summed E-state index contributed by atoms with van der Waals surface area (Å²) in [5.41, 5.74) is 5.36. The molecule has 0 bridgehead atoms. The highest BCUT2D eigenvalue weighted by Gasteiger charge is 2.54. The molecule has 3 aliphatic rings. The number of amides is 1. The number of benzene rings is 2. The second kappa shape index (κ2) is 12.1. The van der Waals surface area contributed by atoms with Gasteiger partial charge in [-0.2, -0.15) is 28.4 Å². The number of nitrogens with zero attached hydrogens (tertiary/aromatic N) is 6. The number of fused-ring (bicyclic) bond motifs is 2. The molecule has 2 aromatic carbocycles. The second-order valence-electron chi connectivity index (χ2n) is 13.2. The number of aromatic nitrogens is 2. The summed E-state index contributed by atoms with van der Waals surface area (Å²) in [4.78, 5) is 26.0. The molecule has 9 nitrogen and oxygen atoms in total. The van der Waals surface area contributed by atoms with Crippen LogP contribution >= 0.6 is 22.9 Å². The van der Waals surface area contributed by atoms with Gasteiger partial charge < -0.3 is 20.3 Å². The van der Waals surface area contributed by atoms with Crippen molar-refractivity contribution in [3.05, 3.63) is 40.4 Å². The maximum absolute atomic E-state index is 17.0. The summed E-state index contributed by atoms with van der Waals surface area (Å²) in [6, 6.07) is 5.97. The third-order valence-electron chi connectivity index (χ3n) is 9.99. The fourth-order valence-corrected chi connectivity index (χ4v) is 8.96. The molecular formula is C33H31ClF5N7O2S. The monoisotopic (exact) mass is 719 g/mol. The second-order valence-corrected chi connectivity index (χ2v) is 14.7. The summed E-state index contributed by atoms with van der Waals surface area (Å²) in [5, 5.41) is 10.3. The lowest BCUT2D eigenvalue weighted by Crippen LogP contribution is -2.66. The van der Waals surface area contributed by atoms with Gasteiger partial charge in [-0.25, -0.2) is 8.78 Å². The van der Waals surface area contributed by atoms with Crippen molar-refractivity contribution in [1.29, 1.82) is 5.26 Å². The van der Waals surface area contributed by atoms with Crippen LogP contribution in [0.25, 0.3) is 32.1 Å². The minimum atomic E-state index is -4.96. The van der Waals surface area contributed by atoms with Crippen LogP contribution in [0.15, 0.2) is 18.2 Å². The quantitative estimate of drug-likeness (QED) is 0.226. The molecule has 1 amide bonds. The third kappa shape index (κ3) is 5.67. The Kier molecular flexibility index (Phi) is 8.27. The number of hydrogen-bond donors (Lipinski definition) is 1. The third-order valence-corrected chi connectivity index (χ3v) is 11.3. The zero-order valence-electron chi connectivity index (χ0n) is 26.5. The fraction of sp³-hybridized carbons (Fsp3) is 0.455. The number of rotatable bonds is 5. The van der Waals surface area contributed by atoms with E-state index in [1.54, 1.807) is 0 Å². The average Bonchev–Trinajstić information content (AvgIpc) is 3.62. The molecule has 1 spiro atoms. The number of anilines is 2. The summed E-state index contributed by atoms with van der Waals surface area (Å²) in [7, 11) is 1.99. The predicted molar refractivity (Wildman–Crippen MR) is 177 cm³/mol. The molecule has 16 heteroatoms. The van der Waals surface area contributed by atoms with Crippen LogP contribution in [0, 0.1) is 28.4 Å². The number of halogens is 6. The van der Waals surface area contributed by atoms with E-state index < -0.39 is 29.1 Å². The fourth-order valence-electron chi connectivity index (χ4n) is 7.72. The smallest absolute Gasteiger partial charge is 0.459 e. The van der Waals surface area contributed by atoms with Crippen molar-refractivity contribution in [1.82, 2.24) is 19.8 Å². The number of nitrogens with two attached hydrogens (primary N) is 1. The molecule has 2 N–H and O–H groups in total. The highest BCUT2D eigenvalue weighted by atomic mass is 35.5. The van der Waals surface area contributed by atoms with Crippen LogP contribution < -0.4 is 15.4 Å². The van der Waals surface area contributed by atoms with E-state index in [-0.39, 0.29) is 85.5 Å². The van der Waals surface area contributed by atoms with Crippen LogP contribution in [0.4, 0.5) is 32.8 Å². The highest BCUT2D eigenvalue weighted by molar-refractivity contribution is 7.23. The number of carbonyl (C=O) groups is 1. The largest absolute Gasteiger partial charge is 0.471 e. The average molecular weight is 720 g/mol. The Morgan fingerprint density at radius 2 is 1.96 bits per heavy atom. The van der Waals surface area contributed by atoms with Crippen LogP contribution in [-0.4, -0.2) is 83.8 Å². The molecule has 2 atom stereocenters. The Bertz CT molecular complexity index is 2040. The van der Waals surface area contributed by atoms with Gasteiger partial charge in [0.15, 0.2) is 5.82 Å². The number of carbonyl (C=O) groups excluding carboxylic acids is 1. The van der Waals surface area contributed by atoms with Crippen LogP contribution in [0.1, 0.15) is 38.2 Å². The number of alkyl halides is 3. The zero-order chi connectivity index (χ0) is 35.0. The number of nitriles is 1. The summed E-state index contributed by atoms with van der Waals surface area (Å²) < 4.78 is 77.6. The molecule has 0 unspecified atom stereocenters. The van der Waals surface area contributed by atoms with Crippen molar-refractivity contribution in [2.24, 2.45) is 5.41 Å². The van der Waals surface area contributed by atoms with Crippen LogP contribution in [0.2, 0.25) is 5.02 Å². The Balaban J connectivity index is 1.35. The van der Waals surface area contributed by atoms with E-state index in [0.717, 1.165) is 41.7 Å². The lowest BCUT2D eigenvalue weighted by atomic mass is 9.73. The Morgan fingerprint density at radius 1 is 1.20 bits per heavy atom. The first-order chi connectivity index (χ1) is 23.2. The molecular weight excluding hydrogens is 689 g/mol. The number of likely N-dealkylation sites (N-methyl/N-ethyl adjacent to an activating group) is 1. The van der Waals surface area contributed by atoms with Crippen LogP contribution in [0.5, 0.6) is 6.01 Å². The maximum Gasteiger partial charge on any atom is 0.471 e. The lowest BCUT2D eigenvalue weighted by Gasteiger charge is -2.54. The molecule has 5 heterocycles. The van der Waals surface area contributed by atoms with E-state index in [4.69, 9.17) is 27.1 Å². The molecule has 3 saturated heterocycles. The number of likely N-dealkylation sites (tertiary alicyclic amines) is 2. The normalized spacial score (nSPS) is 20.2. The van der Waals surface area contributed by atoms with E-state index in [2.05, 4.69) is 9.88 Å². The van der Waals surface area contributed by atoms with E-state index in [0.29, 0.717) is 25.2 Å². The van der Waals surface area contributed by atoms with E-state index in [1.807, 2.05) is 24.9 Å². The van der Waals surface area contributed by atoms with E-state index in [9.17, 15) is 27.6 Å². The summed E-state index contributed by atoms with van der Waals surface area (Å²) in [6.07, 6.45) is -2.25. The van der Waals surface area contributed by atoms with Crippen LogP contribution in [0.3, 0.4) is 0 Å². The number of nitrogen functional groups attached to an aromatic ring is 1. The summed E-state index contributed by atoms with van der Waals surface area (Å²) in [5.74, 6) is -3.04. The Morgan fingerprint density at radius 3 is 2.63 bits per heavy atom. The van der Waals surface area contributed by atoms with Crippen molar-refractivity contribution in [3.63, 3.8) is 0 Å². The number of hydrogen-bond acceptors (Lipinski definition) is 9. The van der Waals surface area contributed by atoms with Crippen molar-refractivity contribution in [3.8, 4) is 23.2 Å². The summed E-state index contributed by atoms with van der Waals surface area (Å²) in [6.45, 7) is 3.38. The van der Waals surface area contributed by atoms with Gasteiger partial charge in [0.1, 0.15) is 34.3 Å². The molecule has 7 rings (SSSR count). The van der Waals surface area contributed by atoms with Gasteiger partial charge in [0, 0.05) is 54.0 Å². The van der Waals surface area contributed by atoms with Gasteiger partial charge in [-0.3, -0.25) is 9.69 Å².